The van der Waals surface area contributed by atoms with Crippen LogP contribution in [0.15, 0.2) is 6.07 Å². The molecule has 0 bridgehead atoms. The van der Waals surface area contributed by atoms with Crippen LogP contribution >= 0.6 is 11.6 Å². The molecule has 0 atom stereocenters. The maximum absolute atomic E-state index is 11.5. The minimum Gasteiger partial charge on any atom is -0.354 e. The largest absolute Gasteiger partial charge is 0.354 e. The second-order valence-corrected chi connectivity index (χ2v) is 8.64. The topological polar surface area (TPSA) is 66.4 Å². The number of piperazine rings is 1. The highest BCUT2D eigenvalue weighted by molar-refractivity contribution is 7.88. The minimum absolute atomic E-state index is 0.186. The number of halogens is 1. The maximum atomic E-state index is 11.5. The van der Waals surface area contributed by atoms with Crippen LogP contribution in [0, 0.1) is 0 Å². The number of sulfonamides is 1. The molecule has 21 heavy (non-hydrogen) atoms. The first-order valence-electron chi connectivity index (χ1n) is 6.82. The van der Waals surface area contributed by atoms with E-state index in [1.807, 2.05) is 25.7 Å². The molecule has 1 aliphatic rings. The molecule has 8 heteroatoms. The van der Waals surface area contributed by atoms with Crippen molar-refractivity contribution < 1.29 is 8.42 Å². The lowest BCUT2D eigenvalue weighted by Crippen LogP contribution is -2.48. The smallest absolute Gasteiger partial charge is 0.211 e. The van der Waals surface area contributed by atoms with Gasteiger partial charge in [-0.3, -0.25) is 0 Å². The highest BCUT2D eigenvalue weighted by Crippen LogP contribution is 2.24. The highest BCUT2D eigenvalue weighted by Gasteiger charge is 2.26. The molecule has 0 amide bonds. The van der Waals surface area contributed by atoms with Crippen molar-refractivity contribution in [2.45, 2.75) is 26.2 Å². The zero-order chi connectivity index (χ0) is 15.8. The first-order chi connectivity index (χ1) is 9.57. The summed E-state index contributed by atoms with van der Waals surface area (Å²) >= 11 is 6.09. The Labute approximate surface area is 131 Å². The van der Waals surface area contributed by atoms with Crippen LogP contribution in [0.4, 0.5) is 5.82 Å². The summed E-state index contributed by atoms with van der Waals surface area (Å²) in [5.74, 6) is 1.45. The Bertz CT molecular complexity index is 620. The standard InChI is InChI=1S/C13H21ClN4O2S/c1-13(2,3)12-15-10(14)9-11(16-12)17-5-7-18(8-6-17)21(4,19)20/h9H,5-8H2,1-4H3. The molecule has 0 N–H and O–H groups in total. The molecule has 2 heterocycles. The molecule has 1 saturated heterocycles. The molecule has 2 rings (SSSR count). The van der Waals surface area contributed by atoms with E-state index < -0.39 is 10.0 Å². The third kappa shape index (κ3) is 4.05. The average Bonchev–Trinajstić information content (AvgIpc) is 2.36. The molecule has 0 unspecified atom stereocenters. The normalized spacial score (nSPS) is 18.0. The summed E-state index contributed by atoms with van der Waals surface area (Å²) in [6.45, 7) is 8.22. The van der Waals surface area contributed by atoms with Crippen molar-refractivity contribution in [1.82, 2.24) is 14.3 Å². The lowest BCUT2D eigenvalue weighted by atomic mass is 9.96. The summed E-state index contributed by atoms with van der Waals surface area (Å²) in [6.07, 6.45) is 1.24. The van der Waals surface area contributed by atoms with Crippen LogP contribution in [0.25, 0.3) is 0 Å². The molecule has 1 fully saturated rings. The maximum Gasteiger partial charge on any atom is 0.211 e. The fraction of sp³-hybridized carbons (Fsp3) is 0.692. The van der Waals surface area contributed by atoms with Gasteiger partial charge in [0.1, 0.15) is 16.8 Å². The van der Waals surface area contributed by atoms with Gasteiger partial charge in [-0.15, -0.1) is 0 Å². The van der Waals surface area contributed by atoms with Gasteiger partial charge in [0.15, 0.2) is 0 Å². The first-order valence-corrected chi connectivity index (χ1v) is 9.05. The van der Waals surface area contributed by atoms with Gasteiger partial charge in [-0.25, -0.2) is 18.4 Å². The van der Waals surface area contributed by atoms with Crippen LogP contribution in [-0.4, -0.2) is 55.1 Å². The number of hydrogen-bond donors (Lipinski definition) is 0. The monoisotopic (exact) mass is 332 g/mol. The molecule has 1 aromatic rings. The van der Waals surface area contributed by atoms with Gasteiger partial charge in [0.05, 0.1) is 6.26 Å². The Balaban J connectivity index is 2.19. The summed E-state index contributed by atoms with van der Waals surface area (Å²) in [4.78, 5) is 10.9. The second-order valence-electron chi connectivity index (χ2n) is 6.27. The molecule has 6 nitrogen and oxygen atoms in total. The lowest BCUT2D eigenvalue weighted by molar-refractivity contribution is 0.386. The van der Waals surface area contributed by atoms with Crippen molar-refractivity contribution in [2.24, 2.45) is 0 Å². The van der Waals surface area contributed by atoms with E-state index >= 15 is 0 Å². The van der Waals surface area contributed by atoms with Crippen molar-refractivity contribution in [1.29, 1.82) is 0 Å². The van der Waals surface area contributed by atoms with Crippen molar-refractivity contribution in [3.05, 3.63) is 17.0 Å². The lowest BCUT2D eigenvalue weighted by Gasteiger charge is -2.34. The van der Waals surface area contributed by atoms with Gasteiger partial charge >= 0.3 is 0 Å². The van der Waals surface area contributed by atoms with E-state index in [4.69, 9.17) is 11.6 Å². The van der Waals surface area contributed by atoms with Gasteiger partial charge in [0.25, 0.3) is 0 Å². The van der Waals surface area contributed by atoms with Crippen LogP contribution in [-0.2, 0) is 15.4 Å². The van der Waals surface area contributed by atoms with E-state index in [9.17, 15) is 8.42 Å². The zero-order valence-corrected chi connectivity index (χ0v) is 14.4. The number of hydrogen-bond acceptors (Lipinski definition) is 5. The van der Waals surface area contributed by atoms with Crippen molar-refractivity contribution >= 4 is 27.4 Å². The average molecular weight is 333 g/mol. The molecule has 0 aliphatic carbocycles. The summed E-state index contributed by atoms with van der Waals surface area (Å²) in [5.41, 5.74) is -0.186. The molecule has 0 radical (unpaired) electrons. The van der Waals surface area contributed by atoms with Crippen molar-refractivity contribution in [3.63, 3.8) is 0 Å². The van der Waals surface area contributed by atoms with Gasteiger partial charge in [-0.05, 0) is 0 Å². The first kappa shape index (κ1) is 16.5. The number of aromatic nitrogens is 2. The number of anilines is 1. The van der Waals surface area contributed by atoms with Gasteiger partial charge in [-0.2, -0.15) is 4.31 Å². The van der Waals surface area contributed by atoms with Gasteiger partial charge in [0, 0.05) is 37.7 Å². The van der Waals surface area contributed by atoms with Gasteiger partial charge in [-0.1, -0.05) is 32.4 Å². The predicted octanol–water partition coefficient (Wildman–Crippen LogP) is 1.51. The van der Waals surface area contributed by atoms with E-state index in [0.29, 0.717) is 37.2 Å². The summed E-state index contributed by atoms with van der Waals surface area (Å²) in [6, 6.07) is 1.73. The fourth-order valence-electron chi connectivity index (χ4n) is 2.15. The molecule has 118 valence electrons. The van der Waals surface area contributed by atoms with Crippen LogP contribution in [0.5, 0.6) is 0 Å². The predicted molar refractivity (Wildman–Crippen MR) is 84.4 cm³/mol. The van der Waals surface area contributed by atoms with E-state index in [0.717, 1.165) is 5.82 Å². The summed E-state index contributed by atoms with van der Waals surface area (Å²) in [5, 5.41) is 0.412. The number of nitrogens with zero attached hydrogens (tertiary/aromatic N) is 4. The quantitative estimate of drug-likeness (QED) is 0.768. The van der Waals surface area contributed by atoms with E-state index in [1.54, 1.807) is 6.07 Å². The molecule has 0 saturated carbocycles. The highest BCUT2D eigenvalue weighted by atomic mass is 35.5. The Hall–Kier alpha value is -0.920. The Morgan fingerprint density at radius 3 is 2.19 bits per heavy atom. The van der Waals surface area contributed by atoms with Gasteiger partial charge < -0.3 is 4.90 Å². The third-order valence-corrected chi connectivity index (χ3v) is 4.88. The van der Waals surface area contributed by atoms with Crippen molar-refractivity contribution in [3.8, 4) is 0 Å². The molecule has 0 spiro atoms. The Morgan fingerprint density at radius 1 is 1.14 bits per heavy atom. The van der Waals surface area contributed by atoms with Crippen LogP contribution in [0.3, 0.4) is 0 Å². The Kier molecular flexibility index (Phi) is 4.46. The van der Waals surface area contributed by atoms with E-state index in [-0.39, 0.29) is 5.41 Å². The summed E-state index contributed by atoms with van der Waals surface area (Å²) in [7, 11) is -3.12. The van der Waals surface area contributed by atoms with Gasteiger partial charge in [0.2, 0.25) is 10.0 Å². The van der Waals surface area contributed by atoms with Crippen LogP contribution < -0.4 is 4.90 Å². The molecule has 1 aliphatic heterocycles. The molecule has 1 aromatic heterocycles. The Morgan fingerprint density at radius 2 is 1.71 bits per heavy atom. The molecule has 0 aromatic carbocycles. The summed E-state index contributed by atoms with van der Waals surface area (Å²) < 4.78 is 24.5. The SMILES string of the molecule is CC(C)(C)c1nc(Cl)cc(N2CCN(S(C)(=O)=O)CC2)n1. The van der Waals surface area contributed by atoms with Crippen LogP contribution in [0.1, 0.15) is 26.6 Å². The third-order valence-electron chi connectivity index (χ3n) is 3.38. The molecular formula is C13H21ClN4O2S. The number of rotatable bonds is 2. The van der Waals surface area contributed by atoms with E-state index in [1.165, 1.54) is 10.6 Å². The second kappa shape index (κ2) is 5.70. The fourth-order valence-corrected chi connectivity index (χ4v) is 3.16. The van der Waals surface area contributed by atoms with Crippen LogP contribution in [0.2, 0.25) is 5.15 Å². The minimum atomic E-state index is -3.12. The van der Waals surface area contributed by atoms with Crippen molar-refractivity contribution in [2.75, 3.05) is 37.3 Å². The zero-order valence-electron chi connectivity index (χ0n) is 12.8. The van der Waals surface area contributed by atoms with E-state index in [2.05, 4.69) is 9.97 Å². The molecular weight excluding hydrogens is 312 g/mol.